The maximum absolute atomic E-state index is 12.4. The number of hydrogen-bond acceptors (Lipinski definition) is 5. The van der Waals surface area contributed by atoms with Gasteiger partial charge in [-0.1, -0.05) is 0 Å². The zero-order valence-electron chi connectivity index (χ0n) is 18.9. The van der Waals surface area contributed by atoms with E-state index in [9.17, 15) is 13.6 Å². The van der Waals surface area contributed by atoms with E-state index in [-0.39, 0.29) is 5.75 Å². The first-order valence-corrected chi connectivity index (χ1v) is 11.2. The minimum atomic E-state index is -2.90. The number of amidine groups is 1. The van der Waals surface area contributed by atoms with Crippen LogP contribution < -0.4 is 26.0 Å². The van der Waals surface area contributed by atoms with Crippen molar-refractivity contribution in [3.63, 3.8) is 0 Å². The number of nitrogens with one attached hydrogen (secondary N) is 2. The Kier molecular flexibility index (Phi) is 5.94. The summed E-state index contributed by atoms with van der Waals surface area (Å²) in [6, 6.07) is 12.7. The van der Waals surface area contributed by atoms with E-state index >= 15 is 0 Å². The smallest absolute Gasteiger partial charge is 0.387 e. The van der Waals surface area contributed by atoms with E-state index in [2.05, 4.69) is 32.0 Å². The van der Waals surface area contributed by atoms with Crippen LogP contribution in [0.25, 0.3) is 0 Å². The molecule has 2 amide bonds. The summed E-state index contributed by atoms with van der Waals surface area (Å²) in [6.07, 6.45) is 3.98. The van der Waals surface area contributed by atoms with Crippen LogP contribution in [0, 0.1) is 0 Å². The Bertz CT molecular complexity index is 1270. The topological polar surface area (TPSA) is 95.0 Å². The number of anilines is 3. The summed E-state index contributed by atoms with van der Waals surface area (Å²) in [5.41, 5.74) is 12.9. The zero-order chi connectivity index (χ0) is 24.5. The highest BCUT2D eigenvalue weighted by Gasteiger charge is 2.38. The molecule has 0 unspecified atom stereocenters. The summed E-state index contributed by atoms with van der Waals surface area (Å²) in [5.74, 6) is 0.522. The van der Waals surface area contributed by atoms with E-state index in [0.29, 0.717) is 23.9 Å². The van der Waals surface area contributed by atoms with Gasteiger partial charge in [0.15, 0.2) is 11.5 Å². The summed E-state index contributed by atoms with van der Waals surface area (Å²) in [7, 11) is 0. The van der Waals surface area contributed by atoms with E-state index in [4.69, 9.17) is 5.73 Å². The molecule has 0 atom stereocenters. The van der Waals surface area contributed by atoms with Gasteiger partial charge in [0.2, 0.25) is 12.4 Å². The Labute approximate surface area is 201 Å². The molecular formula is C25H25F2N6O2+. The molecule has 4 N–H and O–H groups in total. The number of nitrogens with zero attached hydrogens (tertiary/aromatic N) is 3. The molecule has 0 spiro atoms. The minimum absolute atomic E-state index is 0.0173. The van der Waals surface area contributed by atoms with Crippen molar-refractivity contribution in [2.75, 3.05) is 22.2 Å². The monoisotopic (exact) mass is 479 g/mol. The maximum Gasteiger partial charge on any atom is 0.387 e. The Balaban J connectivity index is 1.31. The lowest BCUT2D eigenvalue weighted by atomic mass is 9.99. The number of allylic oxidation sites excluding steroid dienone is 2. The first-order valence-electron chi connectivity index (χ1n) is 11.2. The summed E-state index contributed by atoms with van der Waals surface area (Å²) < 4.78 is 30.8. The third-order valence-corrected chi connectivity index (χ3v) is 6.20. The van der Waals surface area contributed by atoms with E-state index < -0.39 is 12.6 Å². The van der Waals surface area contributed by atoms with E-state index in [1.54, 1.807) is 0 Å². The summed E-state index contributed by atoms with van der Waals surface area (Å²) >= 11 is 0. The van der Waals surface area contributed by atoms with Crippen LogP contribution >= 0.6 is 0 Å². The van der Waals surface area contributed by atoms with Gasteiger partial charge in [0.25, 0.3) is 0 Å². The molecule has 2 heterocycles. The number of hydrogen-bond donors (Lipinski definition) is 3. The van der Waals surface area contributed by atoms with Gasteiger partial charge in [-0.05, 0) is 73.4 Å². The Morgan fingerprint density at radius 3 is 2.40 bits per heavy atom. The normalized spacial score (nSPS) is 17.3. The number of amides is 2. The van der Waals surface area contributed by atoms with Gasteiger partial charge in [-0.25, -0.2) is 9.79 Å². The average Bonchev–Trinajstić information content (AvgIpc) is 3.30. The van der Waals surface area contributed by atoms with Crippen LogP contribution in [-0.2, 0) is 0 Å². The molecule has 1 aliphatic carbocycles. The van der Waals surface area contributed by atoms with Crippen LogP contribution in [0.15, 0.2) is 76.2 Å². The largest absolute Gasteiger partial charge is 0.435 e. The van der Waals surface area contributed by atoms with Crippen LogP contribution in [-0.4, -0.2) is 36.4 Å². The van der Waals surface area contributed by atoms with Crippen molar-refractivity contribution >= 4 is 35.6 Å². The van der Waals surface area contributed by atoms with Crippen molar-refractivity contribution in [2.24, 2.45) is 10.7 Å². The molecule has 8 nitrogen and oxygen atoms in total. The summed E-state index contributed by atoms with van der Waals surface area (Å²) in [5, 5.41) is 5.44. The molecule has 0 aromatic heterocycles. The highest BCUT2D eigenvalue weighted by molar-refractivity contribution is 6.03. The fourth-order valence-electron chi connectivity index (χ4n) is 4.64. The quantitative estimate of drug-likeness (QED) is 0.535. The average molecular weight is 480 g/mol. The van der Waals surface area contributed by atoms with Gasteiger partial charge < -0.3 is 26.0 Å². The van der Waals surface area contributed by atoms with E-state index in [0.717, 1.165) is 42.8 Å². The predicted octanol–water partition coefficient (Wildman–Crippen LogP) is 4.83. The molecular weight excluding hydrogens is 454 g/mol. The van der Waals surface area contributed by atoms with Gasteiger partial charge in [0.05, 0.1) is 6.42 Å². The van der Waals surface area contributed by atoms with Crippen molar-refractivity contribution in [3.8, 4) is 5.75 Å². The third-order valence-electron chi connectivity index (χ3n) is 6.20. The fourth-order valence-corrected chi connectivity index (χ4v) is 4.64. The molecule has 35 heavy (non-hydrogen) atoms. The first-order chi connectivity index (χ1) is 16.9. The third kappa shape index (κ3) is 4.59. The Morgan fingerprint density at radius 1 is 1.09 bits per heavy atom. The Morgan fingerprint density at radius 2 is 1.74 bits per heavy atom. The number of carbonyl (C=O) groups is 1. The second kappa shape index (κ2) is 9.21. The van der Waals surface area contributed by atoms with Gasteiger partial charge in [-0.15, -0.1) is 0 Å². The fraction of sp³-hybridized carbons (Fsp3) is 0.240. The van der Waals surface area contributed by atoms with Crippen LogP contribution in [0.4, 0.5) is 30.6 Å². The number of nitrogens with two attached hydrogens (primary N) is 1. The zero-order valence-corrected chi connectivity index (χ0v) is 18.9. The standard InChI is InChI=1S/C25H24F2N6O2/c1-32-14-29-23(28)22-21(32)13-15-3-2-4-20(15)33(22)18-9-5-16(6-10-18)30-25(34)31-17-7-11-19(12-8-17)35-24(26)27/h5-12,24H,1-4,13-14H2,(H3-,28,29,30,31,34)/p+1. The van der Waals surface area contributed by atoms with Crippen LogP contribution in [0.2, 0.25) is 0 Å². The molecule has 0 radical (unpaired) electrons. The molecule has 0 saturated carbocycles. The molecule has 5 rings (SSSR count). The lowest BCUT2D eigenvalue weighted by molar-refractivity contribution is -0.470. The number of benzene rings is 2. The number of alkyl halides is 2. The van der Waals surface area contributed by atoms with Crippen molar-refractivity contribution in [2.45, 2.75) is 32.3 Å². The number of carbonyl (C=O) groups excluding carboxylic acids is 1. The number of ether oxygens (including phenoxy) is 1. The van der Waals surface area contributed by atoms with E-state index in [1.807, 2.05) is 28.8 Å². The lowest BCUT2D eigenvalue weighted by Crippen LogP contribution is -2.40. The van der Waals surface area contributed by atoms with Crippen molar-refractivity contribution in [1.82, 2.24) is 0 Å². The van der Waals surface area contributed by atoms with Gasteiger partial charge in [0.1, 0.15) is 12.5 Å². The van der Waals surface area contributed by atoms with Gasteiger partial charge in [0, 0.05) is 22.8 Å². The maximum atomic E-state index is 12.4. The molecule has 10 heteroatoms. The number of aliphatic imine (C=N–C) groups is 1. The number of rotatable bonds is 5. The van der Waals surface area contributed by atoms with Crippen molar-refractivity contribution in [3.05, 3.63) is 71.2 Å². The van der Waals surface area contributed by atoms with Gasteiger partial charge >= 0.3 is 12.6 Å². The highest BCUT2D eigenvalue weighted by atomic mass is 19.3. The molecule has 2 aromatic carbocycles. The molecule has 0 saturated heterocycles. The second-order valence-electron chi connectivity index (χ2n) is 8.46. The van der Waals surface area contributed by atoms with Crippen molar-refractivity contribution < 1.29 is 22.9 Å². The van der Waals surface area contributed by atoms with Gasteiger partial charge in [-0.3, -0.25) is 0 Å². The predicted molar refractivity (Wildman–Crippen MR) is 131 cm³/mol. The summed E-state index contributed by atoms with van der Waals surface area (Å²) in [6.45, 7) is 1.67. The number of halogens is 2. The number of urea groups is 1. The van der Waals surface area contributed by atoms with Crippen LogP contribution in [0.1, 0.15) is 25.7 Å². The van der Waals surface area contributed by atoms with Gasteiger partial charge in [-0.2, -0.15) is 13.4 Å². The Hall–Kier alpha value is -4.21. The molecule has 0 fully saturated rings. The van der Waals surface area contributed by atoms with Crippen LogP contribution in [0.3, 0.4) is 0 Å². The molecule has 2 aromatic rings. The second-order valence-corrected chi connectivity index (χ2v) is 8.46. The molecule has 3 aliphatic rings. The minimum Gasteiger partial charge on any atom is -0.435 e. The SMILES string of the molecule is C=[N+]1CN=C(N)C2=C1CC1=C(CCC1)N2c1ccc(NC(=O)Nc2ccc(OC(F)F)cc2)cc1. The lowest BCUT2D eigenvalue weighted by Gasteiger charge is -2.34. The highest BCUT2D eigenvalue weighted by Crippen LogP contribution is 2.43. The molecule has 180 valence electrons. The molecule has 0 bridgehead atoms. The van der Waals surface area contributed by atoms with E-state index in [1.165, 1.54) is 35.5 Å². The van der Waals surface area contributed by atoms with Crippen LogP contribution in [0.5, 0.6) is 5.75 Å². The van der Waals surface area contributed by atoms with Crippen molar-refractivity contribution in [1.29, 1.82) is 0 Å². The molecule has 2 aliphatic heterocycles. The summed E-state index contributed by atoms with van der Waals surface area (Å²) in [4.78, 5) is 19.0. The first kappa shape index (κ1) is 22.6.